The lowest BCUT2D eigenvalue weighted by molar-refractivity contribution is -0.137. The highest BCUT2D eigenvalue weighted by atomic mass is 19.4. The van der Waals surface area contributed by atoms with Crippen LogP contribution in [0.4, 0.5) is 13.2 Å². The van der Waals surface area contributed by atoms with Crippen LogP contribution in [0.3, 0.4) is 0 Å². The first-order chi connectivity index (χ1) is 8.64. The fraction of sp³-hybridized carbons (Fsp3) is 0.500. The molecule has 104 valence electrons. The van der Waals surface area contributed by atoms with Gasteiger partial charge in [0.05, 0.1) is 11.1 Å². The number of alkyl halides is 3. The molecule has 0 bridgehead atoms. The first-order valence-corrected chi connectivity index (χ1v) is 6.15. The van der Waals surface area contributed by atoms with E-state index in [1.54, 1.807) is 6.92 Å². The van der Waals surface area contributed by atoms with E-state index in [4.69, 9.17) is 5.73 Å². The van der Waals surface area contributed by atoms with Crippen LogP contribution in [-0.4, -0.2) is 11.3 Å². The number of carbonyl (C=O) groups is 1. The lowest BCUT2D eigenvalue weighted by Crippen LogP contribution is -2.47. The molecule has 0 aromatic heterocycles. The van der Waals surface area contributed by atoms with Crippen molar-refractivity contribution in [3.63, 3.8) is 0 Å². The van der Waals surface area contributed by atoms with E-state index in [0.29, 0.717) is 5.56 Å². The Morgan fingerprint density at radius 2 is 1.89 bits per heavy atom. The molecule has 0 saturated heterocycles. The molecule has 0 radical (unpaired) electrons. The number of hydrogen-bond donors (Lipinski definition) is 1. The summed E-state index contributed by atoms with van der Waals surface area (Å²) < 4.78 is 37.7. The summed E-state index contributed by atoms with van der Waals surface area (Å²) in [6, 6.07) is 3.16. The smallest absolute Gasteiger partial charge is 0.319 e. The normalized spacial score (nSPS) is 19.1. The van der Waals surface area contributed by atoms with Gasteiger partial charge in [0.2, 0.25) is 0 Å². The maximum absolute atomic E-state index is 12.6. The molecule has 19 heavy (non-hydrogen) atoms. The average Bonchev–Trinajstić information content (AvgIpc) is 3.10. The lowest BCUT2D eigenvalue weighted by Gasteiger charge is -2.24. The molecule has 1 fully saturated rings. The fourth-order valence-corrected chi connectivity index (χ4v) is 2.25. The molecule has 1 aliphatic carbocycles. The van der Waals surface area contributed by atoms with Crippen LogP contribution < -0.4 is 5.73 Å². The van der Waals surface area contributed by atoms with Crippen molar-refractivity contribution < 1.29 is 18.0 Å². The Kier molecular flexibility index (Phi) is 3.21. The van der Waals surface area contributed by atoms with Crippen molar-refractivity contribution in [2.45, 2.75) is 38.4 Å². The van der Waals surface area contributed by atoms with Crippen molar-refractivity contribution in [2.24, 2.45) is 11.7 Å². The van der Waals surface area contributed by atoms with E-state index < -0.39 is 17.3 Å². The molecule has 2 rings (SSSR count). The van der Waals surface area contributed by atoms with Crippen molar-refractivity contribution in [3.05, 3.63) is 34.9 Å². The topological polar surface area (TPSA) is 43.1 Å². The number of benzene rings is 1. The lowest BCUT2D eigenvalue weighted by atomic mass is 9.85. The van der Waals surface area contributed by atoms with Gasteiger partial charge in [0.1, 0.15) is 0 Å². The fourth-order valence-electron chi connectivity index (χ4n) is 2.25. The van der Waals surface area contributed by atoms with Crippen molar-refractivity contribution in [3.8, 4) is 0 Å². The molecule has 1 saturated carbocycles. The van der Waals surface area contributed by atoms with Crippen molar-refractivity contribution in [1.29, 1.82) is 0 Å². The van der Waals surface area contributed by atoms with E-state index in [0.717, 1.165) is 25.0 Å². The molecule has 1 aromatic rings. The summed E-state index contributed by atoms with van der Waals surface area (Å²) in [4.78, 5) is 12.3. The largest absolute Gasteiger partial charge is 0.416 e. The van der Waals surface area contributed by atoms with Gasteiger partial charge in [-0.3, -0.25) is 4.79 Å². The van der Waals surface area contributed by atoms with Gasteiger partial charge in [0.25, 0.3) is 0 Å². The number of Topliss-reactive ketones (excluding diaryl/α,β-unsaturated/α-hetero) is 1. The Morgan fingerprint density at radius 1 is 1.32 bits per heavy atom. The van der Waals surface area contributed by atoms with Crippen molar-refractivity contribution in [1.82, 2.24) is 0 Å². The van der Waals surface area contributed by atoms with E-state index in [-0.39, 0.29) is 17.3 Å². The van der Waals surface area contributed by atoms with E-state index in [9.17, 15) is 18.0 Å². The SMILES string of the molecule is Cc1cc(C(F)(F)F)ccc1C(=O)C(C)(N)C1CC1. The molecule has 1 unspecified atom stereocenters. The average molecular weight is 271 g/mol. The number of hydrogen-bond acceptors (Lipinski definition) is 2. The van der Waals surface area contributed by atoms with Gasteiger partial charge in [0, 0.05) is 5.56 Å². The van der Waals surface area contributed by atoms with Crippen LogP contribution in [0.2, 0.25) is 0 Å². The molecule has 0 amide bonds. The van der Waals surface area contributed by atoms with Crippen molar-refractivity contribution >= 4 is 5.78 Å². The number of rotatable bonds is 3. The predicted octanol–water partition coefficient (Wildman–Crippen LogP) is 3.32. The molecule has 0 aliphatic heterocycles. The predicted molar refractivity (Wildman–Crippen MR) is 65.8 cm³/mol. The second-order valence-corrected chi connectivity index (χ2v) is 5.41. The van der Waals surface area contributed by atoms with E-state index in [1.807, 2.05) is 0 Å². The zero-order valence-corrected chi connectivity index (χ0v) is 10.8. The van der Waals surface area contributed by atoms with Gasteiger partial charge in [-0.1, -0.05) is 6.07 Å². The molecule has 0 heterocycles. The molecule has 5 heteroatoms. The van der Waals surface area contributed by atoms with Gasteiger partial charge in [0.15, 0.2) is 5.78 Å². The summed E-state index contributed by atoms with van der Waals surface area (Å²) >= 11 is 0. The standard InChI is InChI=1S/C14H16F3NO/c1-8-7-10(14(15,16)17)5-6-11(8)12(19)13(2,18)9-3-4-9/h5-7,9H,3-4,18H2,1-2H3. The highest BCUT2D eigenvalue weighted by Gasteiger charge is 2.44. The zero-order valence-electron chi connectivity index (χ0n) is 10.8. The third-order valence-electron chi connectivity index (χ3n) is 3.71. The first kappa shape index (κ1) is 14.1. The third kappa shape index (κ3) is 2.66. The molecule has 2 nitrogen and oxygen atoms in total. The monoisotopic (exact) mass is 271 g/mol. The molecule has 1 aromatic carbocycles. The second kappa shape index (κ2) is 4.34. The van der Waals surface area contributed by atoms with Gasteiger partial charge < -0.3 is 5.73 Å². The summed E-state index contributed by atoms with van der Waals surface area (Å²) in [5.74, 6) is -0.136. The van der Waals surface area contributed by atoms with Crippen LogP contribution in [0.5, 0.6) is 0 Å². The summed E-state index contributed by atoms with van der Waals surface area (Å²) in [7, 11) is 0. The summed E-state index contributed by atoms with van der Waals surface area (Å²) in [5.41, 5.74) is 4.89. The summed E-state index contributed by atoms with van der Waals surface area (Å²) in [6.07, 6.45) is -2.59. The van der Waals surface area contributed by atoms with Crippen LogP contribution in [0.25, 0.3) is 0 Å². The van der Waals surface area contributed by atoms with Crippen molar-refractivity contribution in [2.75, 3.05) is 0 Å². The number of halogens is 3. The highest BCUT2D eigenvalue weighted by Crippen LogP contribution is 2.40. The number of carbonyl (C=O) groups excluding carboxylic acids is 1. The van der Waals surface area contributed by atoms with Crippen LogP contribution in [0.1, 0.15) is 41.3 Å². The Labute approximate surface area is 109 Å². The van der Waals surface area contributed by atoms with E-state index in [2.05, 4.69) is 0 Å². The maximum Gasteiger partial charge on any atom is 0.416 e. The maximum atomic E-state index is 12.6. The van der Waals surface area contributed by atoms with E-state index in [1.165, 1.54) is 13.0 Å². The van der Waals surface area contributed by atoms with Crippen LogP contribution in [0.15, 0.2) is 18.2 Å². The number of aryl methyl sites for hydroxylation is 1. The Hall–Kier alpha value is -1.36. The van der Waals surface area contributed by atoms with Gasteiger partial charge in [-0.05, 0) is 50.3 Å². The van der Waals surface area contributed by atoms with Gasteiger partial charge >= 0.3 is 6.18 Å². The molecule has 0 spiro atoms. The minimum Gasteiger partial charge on any atom is -0.319 e. The van der Waals surface area contributed by atoms with Crippen LogP contribution in [-0.2, 0) is 6.18 Å². The first-order valence-electron chi connectivity index (χ1n) is 6.15. The summed E-state index contributed by atoms with van der Waals surface area (Å²) in [6.45, 7) is 3.16. The minimum atomic E-state index is -4.39. The van der Waals surface area contributed by atoms with Gasteiger partial charge in [-0.15, -0.1) is 0 Å². The van der Waals surface area contributed by atoms with Crippen LogP contribution in [0, 0.1) is 12.8 Å². The minimum absolute atomic E-state index is 0.140. The number of nitrogens with two attached hydrogens (primary N) is 1. The quantitative estimate of drug-likeness (QED) is 0.857. The molecule has 1 aliphatic rings. The summed E-state index contributed by atoms with van der Waals surface area (Å²) in [5, 5.41) is 0. The molecule has 1 atom stereocenters. The van der Waals surface area contributed by atoms with Crippen LogP contribution >= 0.6 is 0 Å². The third-order valence-corrected chi connectivity index (χ3v) is 3.71. The Bertz CT molecular complexity index is 516. The highest BCUT2D eigenvalue weighted by molar-refractivity contribution is 6.04. The van der Waals surface area contributed by atoms with E-state index >= 15 is 0 Å². The second-order valence-electron chi connectivity index (χ2n) is 5.41. The zero-order chi connectivity index (χ0) is 14.4. The molecular formula is C14H16F3NO. The Morgan fingerprint density at radius 3 is 2.32 bits per heavy atom. The molecular weight excluding hydrogens is 255 g/mol. The van der Waals surface area contributed by atoms with Gasteiger partial charge in [-0.2, -0.15) is 13.2 Å². The molecule has 2 N–H and O–H groups in total. The number of ketones is 1. The van der Waals surface area contributed by atoms with Gasteiger partial charge in [-0.25, -0.2) is 0 Å². The Balaban J connectivity index is 2.34.